The molecule has 0 bridgehead atoms. The average molecular weight is 328 g/mol. The minimum Gasteiger partial charge on any atom is -0.381 e. The molecule has 0 saturated carbocycles. The van der Waals surface area contributed by atoms with Crippen LogP contribution in [0.4, 0.5) is 0 Å². The summed E-state index contributed by atoms with van der Waals surface area (Å²) in [6.07, 6.45) is 0.818. The van der Waals surface area contributed by atoms with Gasteiger partial charge in [-0.3, -0.25) is 9.59 Å². The highest BCUT2D eigenvalue weighted by atomic mass is 16.5. The number of nitrogens with zero attached hydrogens (tertiary/aromatic N) is 2. The molecular weight excluding hydrogens is 304 g/mol. The van der Waals surface area contributed by atoms with Gasteiger partial charge in [0.1, 0.15) is 0 Å². The Hall–Kier alpha value is -1.88. The summed E-state index contributed by atoms with van der Waals surface area (Å²) < 4.78 is 5.32. The van der Waals surface area contributed by atoms with Gasteiger partial charge in [-0.15, -0.1) is 0 Å². The van der Waals surface area contributed by atoms with Gasteiger partial charge in [-0.25, -0.2) is 0 Å². The lowest BCUT2D eigenvalue weighted by Gasteiger charge is -2.23. The molecule has 1 aromatic rings. The van der Waals surface area contributed by atoms with Crippen LogP contribution in [0.1, 0.15) is 17.5 Å². The Kier molecular flexibility index (Phi) is 4.04. The van der Waals surface area contributed by atoms with Crippen molar-refractivity contribution in [1.29, 1.82) is 0 Å². The van der Waals surface area contributed by atoms with Crippen LogP contribution in [0.3, 0.4) is 0 Å². The summed E-state index contributed by atoms with van der Waals surface area (Å²) in [5.74, 6) is 0.663. The van der Waals surface area contributed by atoms with Gasteiger partial charge in [-0.2, -0.15) is 0 Å². The van der Waals surface area contributed by atoms with Gasteiger partial charge >= 0.3 is 0 Å². The Bertz CT molecular complexity index is 654. The lowest BCUT2D eigenvalue weighted by molar-refractivity contribution is -0.136. The molecule has 3 heterocycles. The predicted octanol–water partition coefficient (Wildman–Crippen LogP) is 1.45. The van der Waals surface area contributed by atoms with Crippen LogP contribution in [0.25, 0.3) is 0 Å². The van der Waals surface area contributed by atoms with Crippen molar-refractivity contribution in [3.63, 3.8) is 0 Å². The molecule has 2 amide bonds. The van der Waals surface area contributed by atoms with E-state index in [1.807, 2.05) is 15.9 Å². The smallest absolute Gasteiger partial charge is 0.228 e. The molecule has 3 aliphatic rings. The number of benzene rings is 1. The normalized spacial score (nSPS) is 29.4. The standard InChI is InChI=1S/C19H24N2O3/c1-13-3-2-4-14(7-13)8-20-9-16-10-21(11-17(16)19(20)23)18(22)15-5-6-24-12-15/h2-4,7,15-17H,5-6,8-12H2,1H3/t15?,16-,17-/m1/s1. The van der Waals surface area contributed by atoms with E-state index in [0.717, 1.165) is 19.5 Å². The zero-order chi connectivity index (χ0) is 16.7. The van der Waals surface area contributed by atoms with Crippen molar-refractivity contribution in [3.8, 4) is 0 Å². The summed E-state index contributed by atoms with van der Waals surface area (Å²) in [4.78, 5) is 29.1. The second-order valence-electron chi connectivity index (χ2n) is 7.38. The van der Waals surface area contributed by atoms with Gasteiger partial charge in [0.05, 0.1) is 18.4 Å². The van der Waals surface area contributed by atoms with E-state index < -0.39 is 0 Å². The van der Waals surface area contributed by atoms with Gasteiger partial charge in [-0.05, 0) is 18.9 Å². The minimum atomic E-state index is -0.0129. The number of aryl methyl sites for hydroxylation is 1. The molecule has 128 valence electrons. The van der Waals surface area contributed by atoms with Gasteiger partial charge in [0.2, 0.25) is 11.8 Å². The number of ether oxygens (including phenoxy) is 1. The largest absolute Gasteiger partial charge is 0.381 e. The average Bonchev–Trinajstić information content (AvgIpc) is 3.27. The van der Waals surface area contributed by atoms with Gasteiger partial charge in [0, 0.05) is 38.7 Å². The van der Waals surface area contributed by atoms with Crippen LogP contribution >= 0.6 is 0 Å². The van der Waals surface area contributed by atoms with Crippen LogP contribution in [-0.4, -0.2) is 54.5 Å². The summed E-state index contributed by atoms with van der Waals surface area (Å²) in [6.45, 7) is 6.04. The SMILES string of the molecule is Cc1cccc(CN2C[C@@H]3CN(C(=O)C4CCOC4)C[C@H]3C2=O)c1. The zero-order valence-electron chi connectivity index (χ0n) is 14.1. The van der Waals surface area contributed by atoms with Crippen molar-refractivity contribution in [2.45, 2.75) is 19.9 Å². The van der Waals surface area contributed by atoms with Gasteiger partial charge < -0.3 is 14.5 Å². The van der Waals surface area contributed by atoms with E-state index >= 15 is 0 Å². The molecule has 0 N–H and O–H groups in total. The predicted molar refractivity (Wildman–Crippen MR) is 89.1 cm³/mol. The van der Waals surface area contributed by atoms with Gasteiger partial charge in [0.15, 0.2) is 0 Å². The Balaban J connectivity index is 1.38. The first-order chi connectivity index (χ1) is 11.6. The molecule has 0 radical (unpaired) electrons. The first-order valence-corrected chi connectivity index (χ1v) is 8.82. The fourth-order valence-electron chi connectivity index (χ4n) is 4.28. The van der Waals surface area contributed by atoms with Crippen LogP contribution in [0.5, 0.6) is 0 Å². The van der Waals surface area contributed by atoms with Crippen LogP contribution in [0.15, 0.2) is 24.3 Å². The third kappa shape index (κ3) is 2.81. The first-order valence-electron chi connectivity index (χ1n) is 8.82. The molecule has 0 aromatic heterocycles. The summed E-state index contributed by atoms with van der Waals surface area (Å²) in [5, 5.41) is 0. The van der Waals surface area contributed by atoms with Crippen LogP contribution in [-0.2, 0) is 20.9 Å². The van der Waals surface area contributed by atoms with Crippen molar-refractivity contribution in [1.82, 2.24) is 9.80 Å². The van der Waals surface area contributed by atoms with Crippen molar-refractivity contribution in [3.05, 3.63) is 35.4 Å². The molecule has 5 nitrogen and oxygen atoms in total. The summed E-state index contributed by atoms with van der Waals surface area (Å²) in [6, 6.07) is 8.32. The Labute approximate surface area is 142 Å². The summed E-state index contributed by atoms with van der Waals surface area (Å²) in [7, 11) is 0. The van der Waals surface area contributed by atoms with E-state index in [1.54, 1.807) is 0 Å². The van der Waals surface area contributed by atoms with Crippen molar-refractivity contribution in [2.75, 3.05) is 32.8 Å². The quantitative estimate of drug-likeness (QED) is 0.844. The lowest BCUT2D eigenvalue weighted by Crippen LogP contribution is -2.38. The maximum absolute atomic E-state index is 12.7. The molecule has 0 spiro atoms. The molecule has 3 saturated heterocycles. The molecule has 3 aliphatic heterocycles. The van der Waals surface area contributed by atoms with Crippen LogP contribution < -0.4 is 0 Å². The van der Waals surface area contributed by atoms with Gasteiger partial charge in [0.25, 0.3) is 0 Å². The molecule has 4 rings (SSSR count). The molecule has 5 heteroatoms. The Morgan fingerprint density at radius 1 is 1.29 bits per heavy atom. The first kappa shape index (κ1) is 15.6. The fourth-order valence-corrected chi connectivity index (χ4v) is 4.28. The molecular formula is C19H24N2O3. The zero-order valence-corrected chi connectivity index (χ0v) is 14.1. The molecule has 3 atom stereocenters. The number of amides is 2. The van der Waals surface area contributed by atoms with E-state index in [9.17, 15) is 9.59 Å². The maximum Gasteiger partial charge on any atom is 0.228 e. The third-order valence-electron chi connectivity index (χ3n) is 5.57. The summed E-state index contributed by atoms with van der Waals surface area (Å²) >= 11 is 0. The maximum atomic E-state index is 12.7. The van der Waals surface area contributed by atoms with E-state index in [1.165, 1.54) is 11.1 Å². The molecule has 24 heavy (non-hydrogen) atoms. The van der Waals surface area contributed by atoms with Gasteiger partial charge in [-0.1, -0.05) is 29.8 Å². The highest BCUT2D eigenvalue weighted by Crippen LogP contribution is 2.34. The topological polar surface area (TPSA) is 49.9 Å². The van der Waals surface area contributed by atoms with Crippen LogP contribution in [0, 0.1) is 24.7 Å². The molecule has 3 fully saturated rings. The number of fused-ring (bicyclic) bond motifs is 1. The van der Waals surface area contributed by atoms with Crippen LogP contribution in [0.2, 0.25) is 0 Å². The van der Waals surface area contributed by atoms with E-state index in [4.69, 9.17) is 4.74 Å². The monoisotopic (exact) mass is 328 g/mol. The van der Waals surface area contributed by atoms with Crippen molar-refractivity contribution in [2.24, 2.45) is 17.8 Å². The minimum absolute atomic E-state index is 0.00215. The van der Waals surface area contributed by atoms with Crippen molar-refractivity contribution >= 4 is 11.8 Å². The highest BCUT2D eigenvalue weighted by molar-refractivity contribution is 5.85. The molecule has 1 aromatic carbocycles. The second-order valence-corrected chi connectivity index (χ2v) is 7.38. The number of hydrogen-bond acceptors (Lipinski definition) is 3. The fraction of sp³-hybridized carbons (Fsp3) is 0.579. The van der Waals surface area contributed by atoms with E-state index in [2.05, 4.69) is 25.1 Å². The molecule has 1 unspecified atom stereocenters. The number of carbonyl (C=O) groups is 2. The Morgan fingerprint density at radius 2 is 2.17 bits per heavy atom. The van der Waals surface area contributed by atoms with Crippen molar-refractivity contribution < 1.29 is 14.3 Å². The highest BCUT2D eigenvalue weighted by Gasteiger charge is 2.48. The Morgan fingerprint density at radius 3 is 2.88 bits per heavy atom. The number of carbonyl (C=O) groups excluding carboxylic acids is 2. The second kappa shape index (κ2) is 6.20. The third-order valence-corrected chi connectivity index (χ3v) is 5.57. The summed E-state index contributed by atoms with van der Waals surface area (Å²) in [5.41, 5.74) is 2.40. The number of hydrogen-bond donors (Lipinski definition) is 0. The lowest BCUT2D eigenvalue weighted by atomic mass is 10.0. The van der Waals surface area contributed by atoms with E-state index in [-0.39, 0.29) is 29.6 Å². The van der Waals surface area contributed by atoms with E-state index in [0.29, 0.717) is 26.3 Å². The molecule has 0 aliphatic carbocycles. The number of likely N-dealkylation sites (tertiary alicyclic amines) is 2. The number of rotatable bonds is 3.